The normalized spacial score (nSPS) is 15.2. The number of para-hydroxylation sites is 1. The maximum absolute atomic E-state index is 5.24. The van der Waals surface area contributed by atoms with E-state index in [4.69, 9.17) is 4.74 Å². The van der Waals surface area contributed by atoms with Gasteiger partial charge in [-0.05, 0) is 31.1 Å². The van der Waals surface area contributed by atoms with Crippen LogP contribution >= 0.6 is 0 Å². The Morgan fingerprint density at radius 3 is 2.89 bits per heavy atom. The van der Waals surface area contributed by atoms with E-state index < -0.39 is 0 Å². The van der Waals surface area contributed by atoms with Crippen LogP contribution in [0.25, 0.3) is 0 Å². The summed E-state index contributed by atoms with van der Waals surface area (Å²) in [6.07, 6.45) is 8.87. The Hall–Kier alpha value is -2.16. The first-order valence-corrected chi connectivity index (χ1v) is 5.88. The molecular formula is C15H16N2O. The van der Waals surface area contributed by atoms with Crippen LogP contribution in [0.15, 0.2) is 58.3 Å². The highest BCUT2D eigenvalue weighted by atomic mass is 16.5. The molecule has 0 N–H and O–H groups in total. The Kier molecular flexibility index (Phi) is 4.07. The molecule has 1 aromatic carbocycles. The smallest absolute Gasteiger partial charge is 0.127 e. The van der Waals surface area contributed by atoms with E-state index in [2.05, 4.69) is 22.4 Å². The van der Waals surface area contributed by atoms with Crippen molar-refractivity contribution in [2.24, 2.45) is 10.2 Å². The lowest BCUT2D eigenvalue weighted by atomic mass is 10.1. The molecule has 3 heteroatoms. The van der Waals surface area contributed by atoms with Crippen molar-refractivity contribution in [3.05, 3.63) is 53.6 Å². The van der Waals surface area contributed by atoms with Gasteiger partial charge in [0.1, 0.15) is 5.75 Å². The minimum Gasteiger partial charge on any atom is -0.496 e. The summed E-state index contributed by atoms with van der Waals surface area (Å²) in [6.45, 7) is 1.97. The minimum absolute atomic E-state index is 0.802. The monoisotopic (exact) mass is 240 g/mol. The quantitative estimate of drug-likeness (QED) is 0.586. The van der Waals surface area contributed by atoms with Crippen LogP contribution in [0, 0.1) is 0 Å². The number of nitrogens with zero attached hydrogens (tertiary/aromatic N) is 2. The third-order valence-electron chi connectivity index (χ3n) is 2.78. The van der Waals surface area contributed by atoms with Crippen LogP contribution in [-0.2, 0) is 0 Å². The average Bonchev–Trinajstić information content (AvgIpc) is 2.93. The molecule has 3 nitrogen and oxygen atoms in total. The second-order valence-electron chi connectivity index (χ2n) is 4.00. The number of rotatable bonds is 4. The lowest BCUT2D eigenvalue weighted by Crippen LogP contribution is -1.94. The summed E-state index contributed by atoms with van der Waals surface area (Å²) in [5, 5.41) is 8.31. The van der Waals surface area contributed by atoms with Gasteiger partial charge in [0.05, 0.1) is 19.0 Å². The van der Waals surface area contributed by atoms with Gasteiger partial charge in [-0.1, -0.05) is 30.4 Å². The molecule has 0 atom stereocenters. The van der Waals surface area contributed by atoms with Crippen molar-refractivity contribution in [3.63, 3.8) is 0 Å². The summed E-state index contributed by atoms with van der Waals surface area (Å²) in [5.74, 6) is 0.802. The highest BCUT2D eigenvalue weighted by Crippen LogP contribution is 2.15. The van der Waals surface area contributed by atoms with Crippen molar-refractivity contribution in [3.8, 4) is 5.75 Å². The zero-order valence-corrected chi connectivity index (χ0v) is 10.6. The lowest BCUT2D eigenvalue weighted by molar-refractivity contribution is 0.414. The maximum Gasteiger partial charge on any atom is 0.127 e. The Labute approximate surface area is 107 Å². The van der Waals surface area contributed by atoms with Crippen LogP contribution in [0.2, 0.25) is 0 Å². The van der Waals surface area contributed by atoms with Crippen molar-refractivity contribution >= 4 is 11.9 Å². The maximum atomic E-state index is 5.24. The van der Waals surface area contributed by atoms with E-state index in [1.807, 2.05) is 37.3 Å². The van der Waals surface area contributed by atoms with Gasteiger partial charge in [-0.15, -0.1) is 0 Å². The van der Waals surface area contributed by atoms with Crippen LogP contribution in [0.3, 0.4) is 0 Å². The number of ether oxygens (including phenoxy) is 1. The summed E-state index contributed by atoms with van der Waals surface area (Å²) in [4.78, 5) is 0. The molecule has 92 valence electrons. The summed E-state index contributed by atoms with van der Waals surface area (Å²) in [5.41, 5.74) is 3.09. The molecule has 1 aliphatic carbocycles. The predicted octanol–water partition coefficient (Wildman–Crippen LogP) is 3.38. The van der Waals surface area contributed by atoms with Gasteiger partial charge < -0.3 is 4.74 Å². The topological polar surface area (TPSA) is 34.0 Å². The Morgan fingerprint density at radius 1 is 1.33 bits per heavy atom. The number of allylic oxidation sites excluding steroid dienone is 4. The van der Waals surface area contributed by atoms with Gasteiger partial charge in [0, 0.05) is 5.56 Å². The van der Waals surface area contributed by atoms with Gasteiger partial charge in [-0.2, -0.15) is 10.2 Å². The summed E-state index contributed by atoms with van der Waals surface area (Å²) in [6, 6.07) is 7.73. The van der Waals surface area contributed by atoms with E-state index in [0.717, 1.165) is 23.4 Å². The van der Waals surface area contributed by atoms with Crippen molar-refractivity contribution in [2.45, 2.75) is 13.3 Å². The molecule has 0 saturated heterocycles. The molecule has 0 spiro atoms. The van der Waals surface area contributed by atoms with E-state index >= 15 is 0 Å². The van der Waals surface area contributed by atoms with Gasteiger partial charge >= 0.3 is 0 Å². The van der Waals surface area contributed by atoms with Crippen LogP contribution in [0.4, 0.5) is 0 Å². The molecular weight excluding hydrogens is 224 g/mol. The van der Waals surface area contributed by atoms with Crippen molar-refractivity contribution in [1.82, 2.24) is 0 Å². The van der Waals surface area contributed by atoms with E-state index in [9.17, 15) is 0 Å². The molecule has 2 rings (SSSR count). The molecule has 0 fully saturated rings. The van der Waals surface area contributed by atoms with Gasteiger partial charge in [0.25, 0.3) is 0 Å². The van der Waals surface area contributed by atoms with Crippen LogP contribution in [0.5, 0.6) is 5.75 Å². The number of benzene rings is 1. The summed E-state index contributed by atoms with van der Waals surface area (Å²) >= 11 is 0. The second-order valence-corrected chi connectivity index (χ2v) is 4.00. The lowest BCUT2D eigenvalue weighted by Gasteiger charge is -2.02. The average molecular weight is 240 g/mol. The largest absolute Gasteiger partial charge is 0.496 e. The van der Waals surface area contributed by atoms with Gasteiger partial charge in [-0.25, -0.2) is 0 Å². The van der Waals surface area contributed by atoms with Crippen LogP contribution < -0.4 is 4.74 Å². The SMILES string of the molecule is COc1ccccc1/C=N/N=C(\C)C1=CC=CC1. The molecule has 18 heavy (non-hydrogen) atoms. The van der Waals surface area contributed by atoms with E-state index in [1.54, 1.807) is 13.3 Å². The van der Waals surface area contributed by atoms with E-state index in [-0.39, 0.29) is 0 Å². The molecule has 0 aliphatic heterocycles. The fourth-order valence-corrected chi connectivity index (χ4v) is 1.73. The molecule has 1 aromatic rings. The fourth-order valence-electron chi connectivity index (χ4n) is 1.73. The highest BCUT2D eigenvalue weighted by molar-refractivity contribution is 5.99. The number of methoxy groups -OCH3 is 1. The molecule has 0 aromatic heterocycles. The van der Waals surface area contributed by atoms with E-state index in [0.29, 0.717) is 0 Å². The third kappa shape index (κ3) is 2.94. The summed E-state index contributed by atoms with van der Waals surface area (Å²) in [7, 11) is 1.65. The zero-order valence-electron chi connectivity index (χ0n) is 10.6. The van der Waals surface area contributed by atoms with Gasteiger partial charge in [0.2, 0.25) is 0 Å². The van der Waals surface area contributed by atoms with Crippen LogP contribution in [-0.4, -0.2) is 19.0 Å². The van der Waals surface area contributed by atoms with Crippen LogP contribution in [0.1, 0.15) is 18.9 Å². The first-order valence-electron chi connectivity index (χ1n) is 5.88. The molecule has 0 bridgehead atoms. The molecule has 0 unspecified atom stereocenters. The fraction of sp³-hybridized carbons (Fsp3) is 0.200. The molecule has 0 radical (unpaired) electrons. The Morgan fingerprint density at radius 2 is 2.17 bits per heavy atom. The van der Waals surface area contributed by atoms with E-state index in [1.165, 1.54) is 5.57 Å². The minimum atomic E-state index is 0.802. The molecule has 1 aliphatic rings. The van der Waals surface area contributed by atoms with Crippen molar-refractivity contribution < 1.29 is 4.74 Å². The molecule has 0 saturated carbocycles. The standard InChI is InChI=1S/C15H16N2O/c1-12(13-7-3-4-8-13)17-16-11-14-9-5-6-10-15(14)18-2/h3-7,9-11H,8H2,1-2H3/b16-11+,17-12+. The first kappa shape index (κ1) is 12.3. The number of hydrogen-bond acceptors (Lipinski definition) is 3. The van der Waals surface area contributed by atoms with Gasteiger partial charge in [0.15, 0.2) is 0 Å². The summed E-state index contributed by atoms with van der Waals surface area (Å²) < 4.78 is 5.24. The number of hydrogen-bond donors (Lipinski definition) is 0. The van der Waals surface area contributed by atoms with Gasteiger partial charge in [-0.3, -0.25) is 0 Å². The highest BCUT2D eigenvalue weighted by Gasteiger charge is 2.02. The van der Waals surface area contributed by atoms with Crippen molar-refractivity contribution in [2.75, 3.05) is 7.11 Å². The van der Waals surface area contributed by atoms with Crippen molar-refractivity contribution in [1.29, 1.82) is 0 Å². The second kappa shape index (κ2) is 5.96. The molecule has 0 amide bonds. The Balaban J connectivity index is 2.09. The first-order chi connectivity index (χ1) is 8.81. The Bertz CT molecular complexity index is 539. The molecule has 0 heterocycles. The third-order valence-corrected chi connectivity index (χ3v) is 2.78. The predicted molar refractivity (Wildman–Crippen MR) is 75.5 cm³/mol. The zero-order chi connectivity index (χ0) is 12.8.